The number of aromatic nitrogens is 1. The molecule has 1 aromatic rings. The van der Waals surface area contributed by atoms with Gasteiger partial charge in [-0.2, -0.15) is 0 Å². The Labute approximate surface area is 92.8 Å². The number of hydrogen-bond donors (Lipinski definition) is 0. The van der Waals surface area contributed by atoms with E-state index in [1.807, 2.05) is 45.9 Å². The van der Waals surface area contributed by atoms with Gasteiger partial charge in [0, 0.05) is 18.8 Å². The summed E-state index contributed by atoms with van der Waals surface area (Å²) in [5, 5.41) is 0. The van der Waals surface area contributed by atoms with E-state index in [1.165, 1.54) is 0 Å². The van der Waals surface area contributed by atoms with E-state index in [0.29, 0.717) is 0 Å². The minimum atomic E-state index is 0.885. The number of pyridine rings is 1. The van der Waals surface area contributed by atoms with Crippen molar-refractivity contribution in [3.05, 3.63) is 36.2 Å². The quantitative estimate of drug-likeness (QED) is 0.628. The van der Waals surface area contributed by atoms with E-state index < -0.39 is 0 Å². The molecule has 1 aromatic heterocycles. The molecule has 0 amide bonds. The highest BCUT2D eigenvalue weighted by molar-refractivity contribution is 5.76. The standard InChI is InChI=1S/C9H8N2.2C2H6/c1-2-6-10-9-5-3-7-11-8(9)4-1;2*1-2/h1-3,5-7H,4H2;2*1-2H3. The van der Waals surface area contributed by atoms with E-state index in [4.69, 9.17) is 0 Å². The first kappa shape index (κ1) is 13.6. The molecule has 0 aromatic carbocycles. The van der Waals surface area contributed by atoms with Gasteiger partial charge in [-0.3, -0.25) is 9.98 Å². The first-order valence-electron chi connectivity index (χ1n) is 5.60. The summed E-state index contributed by atoms with van der Waals surface area (Å²) < 4.78 is 0. The van der Waals surface area contributed by atoms with Gasteiger partial charge < -0.3 is 0 Å². The van der Waals surface area contributed by atoms with E-state index in [-0.39, 0.29) is 0 Å². The van der Waals surface area contributed by atoms with Crippen molar-refractivity contribution in [2.45, 2.75) is 34.1 Å². The van der Waals surface area contributed by atoms with Crippen LogP contribution in [0.3, 0.4) is 0 Å². The minimum absolute atomic E-state index is 0.885. The molecule has 2 rings (SSSR count). The second-order valence-electron chi connectivity index (χ2n) is 2.38. The van der Waals surface area contributed by atoms with Gasteiger partial charge >= 0.3 is 0 Å². The van der Waals surface area contributed by atoms with E-state index >= 15 is 0 Å². The van der Waals surface area contributed by atoms with Crippen molar-refractivity contribution in [3.63, 3.8) is 0 Å². The maximum atomic E-state index is 4.21. The van der Waals surface area contributed by atoms with Gasteiger partial charge in [-0.05, 0) is 18.2 Å². The SMILES string of the molecule is C1=CCc2ncccc2N=C1.CC.CC. The van der Waals surface area contributed by atoms with Crippen molar-refractivity contribution in [1.29, 1.82) is 0 Å². The van der Waals surface area contributed by atoms with Crippen molar-refractivity contribution in [2.24, 2.45) is 4.99 Å². The Kier molecular flexibility index (Phi) is 8.25. The molecule has 0 bridgehead atoms. The highest BCUT2D eigenvalue weighted by Gasteiger charge is 1.99. The normalized spacial score (nSPS) is 11.2. The molecule has 0 fully saturated rings. The van der Waals surface area contributed by atoms with Crippen LogP contribution in [-0.2, 0) is 6.42 Å². The van der Waals surface area contributed by atoms with Gasteiger partial charge in [-0.25, -0.2) is 0 Å². The van der Waals surface area contributed by atoms with Crippen LogP contribution in [0.1, 0.15) is 33.4 Å². The second-order valence-corrected chi connectivity index (χ2v) is 2.38. The van der Waals surface area contributed by atoms with Gasteiger partial charge in [0.1, 0.15) is 0 Å². The molecule has 2 heterocycles. The fourth-order valence-corrected chi connectivity index (χ4v) is 1.07. The van der Waals surface area contributed by atoms with Crippen molar-refractivity contribution in [2.75, 3.05) is 0 Å². The molecule has 1 aliphatic heterocycles. The lowest BCUT2D eigenvalue weighted by molar-refractivity contribution is 1.11. The Bertz CT molecular complexity index is 314. The Morgan fingerprint density at radius 3 is 2.60 bits per heavy atom. The first-order valence-corrected chi connectivity index (χ1v) is 5.60. The largest absolute Gasteiger partial charge is 0.259 e. The zero-order valence-corrected chi connectivity index (χ0v) is 10.1. The van der Waals surface area contributed by atoms with Crippen LogP contribution >= 0.6 is 0 Å². The number of allylic oxidation sites excluding steroid dienone is 2. The fourth-order valence-electron chi connectivity index (χ4n) is 1.07. The first-order chi connectivity index (χ1) is 7.47. The van der Waals surface area contributed by atoms with Gasteiger partial charge in [-0.15, -0.1) is 0 Å². The Morgan fingerprint density at radius 2 is 1.87 bits per heavy atom. The summed E-state index contributed by atoms with van der Waals surface area (Å²) in [6.07, 6.45) is 8.49. The minimum Gasteiger partial charge on any atom is -0.259 e. The molecule has 0 N–H and O–H groups in total. The van der Waals surface area contributed by atoms with Gasteiger partial charge in [0.15, 0.2) is 0 Å². The number of rotatable bonds is 0. The number of hydrogen-bond acceptors (Lipinski definition) is 2. The van der Waals surface area contributed by atoms with Crippen LogP contribution in [-0.4, -0.2) is 11.2 Å². The van der Waals surface area contributed by atoms with Crippen LogP contribution in [0.5, 0.6) is 0 Å². The lowest BCUT2D eigenvalue weighted by Crippen LogP contribution is -1.84. The van der Waals surface area contributed by atoms with Crippen LogP contribution in [0.15, 0.2) is 35.5 Å². The summed E-state index contributed by atoms with van der Waals surface area (Å²) in [5.74, 6) is 0. The highest BCUT2D eigenvalue weighted by atomic mass is 14.8. The molecule has 15 heavy (non-hydrogen) atoms. The third-order valence-electron chi connectivity index (χ3n) is 1.61. The van der Waals surface area contributed by atoms with E-state index in [0.717, 1.165) is 17.8 Å². The van der Waals surface area contributed by atoms with E-state index in [1.54, 1.807) is 12.4 Å². The molecule has 0 spiro atoms. The molecule has 0 saturated heterocycles. The summed E-state index contributed by atoms with van der Waals surface area (Å²) in [5.41, 5.74) is 2.04. The number of fused-ring (bicyclic) bond motifs is 1. The third-order valence-corrected chi connectivity index (χ3v) is 1.61. The van der Waals surface area contributed by atoms with E-state index in [2.05, 4.69) is 16.1 Å². The van der Waals surface area contributed by atoms with Crippen LogP contribution in [0.25, 0.3) is 0 Å². The number of nitrogens with zero attached hydrogens (tertiary/aromatic N) is 2. The lowest BCUT2D eigenvalue weighted by Gasteiger charge is -1.97. The van der Waals surface area contributed by atoms with Crippen molar-refractivity contribution < 1.29 is 0 Å². The maximum absolute atomic E-state index is 4.21. The Balaban J connectivity index is 0.000000442. The molecule has 0 aliphatic carbocycles. The van der Waals surface area contributed by atoms with Gasteiger partial charge in [-0.1, -0.05) is 33.8 Å². The fraction of sp³-hybridized carbons (Fsp3) is 0.385. The summed E-state index contributed by atoms with van der Waals surface area (Å²) in [6.45, 7) is 8.00. The zero-order chi connectivity index (χ0) is 11.5. The molecule has 2 nitrogen and oxygen atoms in total. The van der Waals surface area contributed by atoms with E-state index in [9.17, 15) is 0 Å². The topological polar surface area (TPSA) is 25.2 Å². The lowest BCUT2D eigenvalue weighted by atomic mass is 10.2. The molecular formula is C13H20N2. The highest BCUT2D eigenvalue weighted by Crippen LogP contribution is 2.17. The predicted octanol–water partition coefficient (Wildman–Crippen LogP) is 3.95. The van der Waals surface area contributed by atoms with Crippen LogP contribution in [0, 0.1) is 0 Å². The molecule has 0 radical (unpaired) electrons. The Morgan fingerprint density at radius 1 is 1.13 bits per heavy atom. The molecule has 0 atom stereocenters. The maximum Gasteiger partial charge on any atom is 0.0848 e. The van der Waals surface area contributed by atoms with Crippen LogP contribution in [0.2, 0.25) is 0 Å². The molecule has 0 unspecified atom stereocenters. The van der Waals surface area contributed by atoms with Gasteiger partial charge in [0.05, 0.1) is 11.4 Å². The molecule has 2 heteroatoms. The molecular weight excluding hydrogens is 184 g/mol. The molecule has 1 aliphatic rings. The summed E-state index contributed by atoms with van der Waals surface area (Å²) in [6, 6.07) is 3.88. The number of aliphatic imine (C=N–C) groups is 1. The zero-order valence-electron chi connectivity index (χ0n) is 10.1. The average Bonchev–Trinajstić information content (AvgIpc) is 2.59. The summed E-state index contributed by atoms with van der Waals surface area (Å²) >= 11 is 0. The van der Waals surface area contributed by atoms with Gasteiger partial charge in [0.25, 0.3) is 0 Å². The van der Waals surface area contributed by atoms with Crippen molar-refractivity contribution in [1.82, 2.24) is 4.98 Å². The summed E-state index contributed by atoms with van der Waals surface area (Å²) in [7, 11) is 0. The molecule has 82 valence electrons. The molecule has 0 saturated carbocycles. The smallest absolute Gasteiger partial charge is 0.0848 e. The second kappa shape index (κ2) is 9.13. The third kappa shape index (κ3) is 4.54. The van der Waals surface area contributed by atoms with Gasteiger partial charge in [0.2, 0.25) is 0 Å². The average molecular weight is 204 g/mol. The predicted molar refractivity (Wildman–Crippen MR) is 67.9 cm³/mol. The monoisotopic (exact) mass is 204 g/mol. The van der Waals surface area contributed by atoms with Crippen molar-refractivity contribution >= 4 is 11.9 Å². The Hall–Kier alpha value is -1.44. The summed E-state index contributed by atoms with van der Waals surface area (Å²) in [4.78, 5) is 8.43. The van der Waals surface area contributed by atoms with Crippen LogP contribution < -0.4 is 0 Å². The van der Waals surface area contributed by atoms with Crippen molar-refractivity contribution in [3.8, 4) is 0 Å². The van der Waals surface area contributed by atoms with Crippen LogP contribution in [0.4, 0.5) is 5.69 Å².